The largest absolute Gasteiger partial charge is 0.298 e. The zero-order valence-corrected chi connectivity index (χ0v) is 15.5. The Morgan fingerprint density at radius 3 is 2.22 bits per heavy atom. The molecule has 0 radical (unpaired) electrons. The first-order valence-corrected chi connectivity index (χ1v) is 8.45. The Hall–Kier alpha value is -3.33. The van der Waals surface area contributed by atoms with E-state index in [0.717, 1.165) is 5.56 Å². The van der Waals surface area contributed by atoms with Crippen LogP contribution in [0.5, 0.6) is 0 Å². The van der Waals surface area contributed by atoms with Crippen LogP contribution >= 0.6 is 12.2 Å². The van der Waals surface area contributed by atoms with Gasteiger partial charge in [-0.3, -0.25) is 35.9 Å². The first-order valence-electron chi connectivity index (χ1n) is 8.04. The molecule has 0 saturated heterocycles. The number of para-hydroxylation sites is 1. The Balaban J connectivity index is 1.93. The van der Waals surface area contributed by atoms with Gasteiger partial charge in [0.15, 0.2) is 5.11 Å². The third-order valence-electron chi connectivity index (χ3n) is 3.70. The summed E-state index contributed by atoms with van der Waals surface area (Å²) in [7, 11) is 0. The monoisotopic (exact) mass is 386 g/mol. The molecular formula is C18H18N4O4S. The lowest BCUT2D eigenvalue weighted by molar-refractivity contribution is -0.385. The number of rotatable bonds is 4. The van der Waals surface area contributed by atoms with Crippen molar-refractivity contribution in [1.29, 1.82) is 0 Å². The minimum Gasteiger partial charge on any atom is -0.298 e. The predicted octanol–water partition coefficient (Wildman–Crippen LogP) is 2.67. The van der Waals surface area contributed by atoms with E-state index >= 15 is 0 Å². The third kappa shape index (κ3) is 5.32. The van der Waals surface area contributed by atoms with Crippen molar-refractivity contribution < 1.29 is 14.5 Å². The molecule has 2 rings (SSSR count). The summed E-state index contributed by atoms with van der Waals surface area (Å²) in [5.41, 5.74) is 5.62. The highest BCUT2D eigenvalue weighted by Gasteiger charge is 2.19. The van der Waals surface area contributed by atoms with Crippen molar-refractivity contribution in [3.8, 4) is 0 Å². The maximum Gasteiger partial charge on any atom is 0.282 e. The lowest BCUT2D eigenvalue weighted by Crippen LogP contribution is -2.48. The quantitative estimate of drug-likeness (QED) is 0.423. The molecule has 0 unspecified atom stereocenters. The Morgan fingerprint density at radius 2 is 1.63 bits per heavy atom. The molecule has 0 spiro atoms. The fourth-order valence-electron chi connectivity index (χ4n) is 2.23. The molecule has 0 bridgehead atoms. The van der Waals surface area contributed by atoms with E-state index in [1.807, 2.05) is 26.0 Å². The fourth-order valence-corrected chi connectivity index (χ4v) is 2.38. The molecule has 0 aliphatic heterocycles. The molecule has 0 aromatic heterocycles. The van der Waals surface area contributed by atoms with Crippen molar-refractivity contribution in [2.75, 3.05) is 0 Å². The third-order valence-corrected chi connectivity index (χ3v) is 3.91. The normalized spacial score (nSPS) is 10.2. The molecule has 8 nitrogen and oxygen atoms in total. The molecule has 0 aliphatic carbocycles. The van der Waals surface area contributed by atoms with Gasteiger partial charge in [0.2, 0.25) is 0 Å². The van der Waals surface area contributed by atoms with E-state index in [1.165, 1.54) is 24.3 Å². The van der Waals surface area contributed by atoms with Crippen LogP contribution in [0.1, 0.15) is 46.0 Å². The molecule has 0 atom stereocenters. The van der Waals surface area contributed by atoms with E-state index in [-0.39, 0.29) is 16.4 Å². The van der Waals surface area contributed by atoms with Gasteiger partial charge in [0, 0.05) is 11.6 Å². The second-order valence-corrected chi connectivity index (χ2v) is 6.32. The Morgan fingerprint density at radius 1 is 1.00 bits per heavy atom. The number of carbonyl (C=O) groups excluding carboxylic acids is 2. The maximum atomic E-state index is 12.2. The highest BCUT2D eigenvalue weighted by atomic mass is 32.1. The van der Waals surface area contributed by atoms with Crippen molar-refractivity contribution in [2.45, 2.75) is 19.8 Å². The Kier molecular flexibility index (Phi) is 6.56. The summed E-state index contributed by atoms with van der Waals surface area (Å²) in [5.74, 6) is -0.843. The summed E-state index contributed by atoms with van der Waals surface area (Å²) in [4.78, 5) is 34.5. The van der Waals surface area contributed by atoms with E-state index in [2.05, 4.69) is 16.2 Å². The van der Waals surface area contributed by atoms with Crippen molar-refractivity contribution in [2.24, 2.45) is 0 Å². The van der Waals surface area contributed by atoms with Crippen LogP contribution in [-0.2, 0) is 0 Å². The SMILES string of the molecule is CC(C)c1ccc(C(=O)NC(=S)NNC(=O)c2ccccc2[N+](=O)[O-])cc1. The van der Waals surface area contributed by atoms with E-state index in [1.54, 1.807) is 12.1 Å². The van der Waals surface area contributed by atoms with Gasteiger partial charge in [-0.1, -0.05) is 38.1 Å². The molecule has 2 aromatic carbocycles. The van der Waals surface area contributed by atoms with Crippen molar-refractivity contribution >= 4 is 34.8 Å². The number of nitro groups is 1. The van der Waals surface area contributed by atoms with Gasteiger partial charge >= 0.3 is 0 Å². The van der Waals surface area contributed by atoms with E-state index in [0.29, 0.717) is 11.5 Å². The average molecular weight is 386 g/mol. The number of carbonyl (C=O) groups is 2. The number of hydrogen-bond donors (Lipinski definition) is 3. The molecule has 27 heavy (non-hydrogen) atoms. The number of nitro benzene ring substituents is 1. The topological polar surface area (TPSA) is 113 Å². The zero-order chi connectivity index (χ0) is 20.0. The van der Waals surface area contributed by atoms with E-state index < -0.39 is 16.7 Å². The second-order valence-electron chi connectivity index (χ2n) is 5.91. The maximum absolute atomic E-state index is 12.2. The number of amides is 2. The van der Waals surface area contributed by atoms with Crippen LogP contribution in [0.25, 0.3) is 0 Å². The summed E-state index contributed by atoms with van der Waals surface area (Å²) in [6.07, 6.45) is 0. The number of hydrogen-bond acceptors (Lipinski definition) is 5. The highest BCUT2D eigenvalue weighted by molar-refractivity contribution is 7.80. The van der Waals surface area contributed by atoms with Gasteiger partial charge in [0.1, 0.15) is 5.56 Å². The molecule has 0 aliphatic rings. The van der Waals surface area contributed by atoms with Gasteiger partial charge < -0.3 is 0 Å². The number of benzene rings is 2. The standard InChI is InChI=1S/C18H18N4O4S/c1-11(2)12-7-9-13(10-8-12)16(23)19-18(27)21-20-17(24)14-5-3-4-6-15(14)22(25)26/h3-11H,1-2H3,(H,20,24)(H2,19,21,23,27). The fraction of sp³-hybridized carbons (Fsp3) is 0.167. The lowest BCUT2D eigenvalue weighted by Gasteiger charge is -2.11. The van der Waals surface area contributed by atoms with Crippen LogP contribution in [-0.4, -0.2) is 21.9 Å². The Bertz CT molecular complexity index is 881. The minimum atomic E-state index is -0.750. The van der Waals surface area contributed by atoms with E-state index in [4.69, 9.17) is 12.2 Å². The summed E-state index contributed by atoms with van der Waals surface area (Å²) in [6, 6.07) is 12.6. The average Bonchev–Trinajstić information content (AvgIpc) is 2.66. The minimum absolute atomic E-state index is 0.131. The molecule has 2 aromatic rings. The number of hydrazine groups is 1. The smallest absolute Gasteiger partial charge is 0.282 e. The summed E-state index contributed by atoms with van der Waals surface area (Å²) < 4.78 is 0. The highest BCUT2D eigenvalue weighted by Crippen LogP contribution is 2.17. The van der Waals surface area contributed by atoms with Crippen LogP contribution in [0.2, 0.25) is 0 Å². The number of nitrogens with zero attached hydrogens (tertiary/aromatic N) is 1. The van der Waals surface area contributed by atoms with Gasteiger partial charge in [0.05, 0.1) is 4.92 Å². The van der Waals surface area contributed by atoms with Crippen LogP contribution in [0.3, 0.4) is 0 Å². The molecule has 9 heteroatoms. The second kappa shape index (κ2) is 8.86. The summed E-state index contributed by atoms with van der Waals surface area (Å²) >= 11 is 4.96. The first kappa shape index (κ1) is 20.0. The van der Waals surface area contributed by atoms with Gasteiger partial charge in [-0.15, -0.1) is 0 Å². The van der Waals surface area contributed by atoms with E-state index in [9.17, 15) is 19.7 Å². The van der Waals surface area contributed by atoms with Crippen molar-refractivity contribution in [3.63, 3.8) is 0 Å². The molecule has 3 N–H and O–H groups in total. The zero-order valence-electron chi connectivity index (χ0n) is 14.7. The molecule has 0 heterocycles. The molecule has 0 saturated carbocycles. The molecular weight excluding hydrogens is 368 g/mol. The summed E-state index contributed by atoms with van der Waals surface area (Å²) in [5, 5.41) is 13.2. The van der Waals surface area contributed by atoms with Crippen LogP contribution in [0, 0.1) is 10.1 Å². The van der Waals surface area contributed by atoms with Crippen molar-refractivity contribution in [3.05, 3.63) is 75.3 Å². The molecule has 140 valence electrons. The van der Waals surface area contributed by atoms with Crippen molar-refractivity contribution in [1.82, 2.24) is 16.2 Å². The van der Waals surface area contributed by atoms with Gasteiger partial charge in [-0.25, -0.2) is 0 Å². The predicted molar refractivity (Wildman–Crippen MR) is 104 cm³/mol. The van der Waals surface area contributed by atoms with Gasteiger partial charge in [-0.05, 0) is 41.9 Å². The van der Waals surface area contributed by atoms with Gasteiger partial charge in [0.25, 0.3) is 17.5 Å². The van der Waals surface area contributed by atoms with Gasteiger partial charge in [-0.2, -0.15) is 0 Å². The van der Waals surface area contributed by atoms with Crippen LogP contribution in [0.15, 0.2) is 48.5 Å². The Labute approximate surface area is 161 Å². The summed E-state index contributed by atoms with van der Waals surface area (Å²) in [6.45, 7) is 4.10. The number of nitrogens with one attached hydrogen (secondary N) is 3. The lowest BCUT2D eigenvalue weighted by atomic mass is 10.0. The first-order chi connectivity index (χ1) is 12.8. The molecule has 2 amide bonds. The van der Waals surface area contributed by atoms with Crippen LogP contribution < -0.4 is 16.2 Å². The van der Waals surface area contributed by atoms with Crippen LogP contribution in [0.4, 0.5) is 5.69 Å². The molecule has 0 fully saturated rings. The number of thiocarbonyl (C=S) groups is 1.